The molecule has 14 nitrogen and oxygen atoms in total. The molecule has 4 atom stereocenters. The first-order chi connectivity index (χ1) is 28.2. The topological polar surface area (TPSA) is 146 Å². The van der Waals surface area contributed by atoms with Crippen molar-refractivity contribution in [1.82, 2.24) is 49.8 Å². The van der Waals surface area contributed by atoms with Crippen molar-refractivity contribution in [2.24, 2.45) is 11.8 Å². The summed E-state index contributed by atoms with van der Waals surface area (Å²) in [6.07, 6.45) is 13.5. The van der Waals surface area contributed by atoms with Gasteiger partial charge in [-0.05, 0) is 75.9 Å². The van der Waals surface area contributed by atoms with Gasteiger partial charge in [-0.2, -0.15) is 30.0 Å². The fourth-order valence-electron chi connectivity index (χ4n) is 7.23. The summed E-state index contributed by atoms with van der Waals surface area (Å²) in [5.74, 6) is 1.85. The van der Waals surface area contributed by atoms with Crippen LogP contribution in [0.2, 0.25) is 10.3 Å². The van der Waals surface area contributed by atoms with E-state index in [1.165, 1.54) is 9.59 Å². The normalized spacial score (nSPS) is 19.2. The number of carbonyl (C=O) groups excluding carboxylic acids is 2. The molecule has 300 valence electrons. The number of amides is 2. The van der Waals surface area contributed by atoms with Gasteiger partial charge in [0, 0.05) is 61.5 Å². The van der Waals surface area contributed by atoms with Crippen LogP contribution in [0.3, 0.4) is 0 Å². The Kier molecular flexibility index (Phi) is 13.3. The molecule has 16 heteroatoms. The third-order valence-corrected chi connectivity index (χ3v) is 10.8. The highest BCUT2D eigenvalue weighted by molar-refractivity contribution is 6.29. The van der Waals surface area contributed by atoms with Crippen LogP contribution in [0.25, 0.3) is 11.4 Å². The Labute approximate surface area is 346 Å². The highest BCUT2D eigenvalue weighted by Crippen LogP contribution is 2.28. The summed E-state index contributed by atoms with van der Waals surface area (Å²) in [6.45, 7) is 6.51. The minimum absolute atomic E-state index is 0.0120. The molecule has 8 rings (SSSR count). The third-order valence-electron chi connectivity index (χ3n) is 10.4. The van der Waals surface area contributed by atoms with E-state index in [1.54, 1.807) is 61.4 Å². The molecule has 2 aliphatic heterocycles. The Morgan fingerprint density at radius 2 is 0.983 bits per heavy atom. The van der Waals surface area contributed by atoms with Crippen LogP contribution in [-0.2, 0) is 0 Å². The molecule has 6 aromatic rings. The molecular formula is C42H44Cl2N10O4. The quantitative estimate of drug-likeness (QED) is 0.129. The van der Waals surface area contributed by atoms with Crippen molar-refractivity contribution in [2.75, 3.05) is 26.3 Å². The van der Waals surface area contributed by atoms with E-state index in [-0.39, 0.29) is 35.7 Å². The lowest BCUT2D eigenvalue weighted by molar-refractivity contribution is 0.0497. The maximum absolute atomic E-state index is 13.4. The summed E-state index contributed by atoms with van der Waals surface area (Å²) in [5.41, 5.74) is 2.55. The number of benzene rings is 2. The molecule has 58 heavy (non-hydrogen) atoms. The van der Waals surface area contributed by atoms with E-state index in [0.29, 0.717) is 70.6 Å². The van der Waals surface area contributed by atoms with Gasteiger partial charge in [-0.3, -0.25) is 9.59 Å². The molecule has 2 aromatic carbocycles. The van der Waals surface area contributed by atoms with Crippen molar-refractivity contribution in [1.29, 1.82) is 0 Å². The van der Waals surface area contributed by atoms with Crippen LogP contribution in [0.4, 0.5) is 0 Å². The Hall–Kier alpha value is -5.86. The minimum Gasteiger partial charge on any atom is -0.493 e. The Balaban J connectivity index is 0.000000177. The molecule has 0 bridgehead atoms. The highest BCUT2D eigenvalue weighted by Gasteiger charge is 2.33. The molecule has 4 aromatic heterocycles. The maximum Gasteiger partial charge on any atom is 0.256 e. The number of hydrogen-bond donors (Lipinski definition) is 0. The number of ether oxygens (including phenoxy) is 2. The number of pyridine rings is 2. The zero-order chi connectivity index (χ0) is 40.4. The van der Waals surface area contributed by atoms with Crippen molar-refractivity contribution in [2.45, 2.75) is 51.6 Å². The molecule has 6 heterocycles. The van der Waals surface area contributed by atoms with Gasteiger partial charge < -0.3 is 19.3 Å². The molecule has 2 fully saturated rings. The molecule has 0 N–H and O–H groups in total. The van der Waals surface area contributed by atoms with E-state index in [9.17, 15) is 9.59 Å². The van der Waals surface area contributed by atoms with Gasteiger partial charge in [0.2, 0.25) is 0 Å². The first-order valence-corrected chi connectivity index (χ1v) is 20.0. The van der Waals surface area contributed by atoms with Gasteiger partial charge in [0.15, 0.2) is 0 Å². The number of hydrogen-bond acceptors (Lipinski definition) is 10. The lowest BCUT2D eigenvalue weighted by Gasteiger charge is -2.38. The smallest absolute Gasteiger partial charge is 0.256 e. The Morgan fingerprint density at radius 1 is 0.586 bits per heavy atom. The van der Waals surface area contributed by atoms with Crippen LogP contribution in [0.1, 0.15) is 60.2 Å². The van der Waals surface area contributed by atoms with Gasteiger partial charge >= 0.3 is 0 Å². The number of aromatic nitrogens is 8. The maximum atomic E-state index is 13.4. The van der Waals surface area contributed by atoms with E-state index < -0.39 is 0 Å². The van der Waals surface area contributed by atoms with E-state index in [4.69, 9.17) is 32.7 Å². The van der Waals surface area contributed by atoms with E-state index in [0.717, 1.165) is 25.7 Å². The summed E-state index contributed by atoms with van der Waals surface area (Å²) in [4.78, 5) is 41.5. The summed E-state index contributed by atoms with van der Waals surface area (Å²) < 4.78 is 11.8. The summed E-state index contributed by atoms with van der Waals surface area (Å²) >= 11 is 11.8. The fraction of sp³-hybridized carbons (Fsp3) is 0.333. The highest BCUT2D eigenvalue weighted by atomic mass is 35.5. The fourth-order valence-corrected chi connectivity index (χ4v) is 7.55. The Bertz CT molecular complexity index is 2120. The Morgan fingerprint density at radius 3 is 1.38 bits per heavy atom. The lowest BCUT2D eigenvalue weighted by atomic mass is 9.93. The number of piperidine rings is 2. The number of likely N-dealkylation sites (tertiary alicyclic amines) is 2. The number of halogens is 2. The van der Waals surface area contributed by atoms with Gasteiger partial charge in [-0.15, -0.1) is 0 Å². The van der Waals surface area contributed by atoms with Crippen LogP contribution in [0.5, 0.6) is 11.5 Å². The average molecular weight is 824 g/mol. The molecule has 2 aliphatic rings. The second-order valence-electron chi connectivity index (χ2n) is 14.4. The zero-order valence-electron chi connectivity index (χ0n) is 32.2. The standard InChI is InChI=1S/2C21H22ClN5O2/c2*1-15-6-7-16(14-29-17-8-9-23-20(22)12-17)13-26(15)21(28)18-4-2-3-5-19(18)27-24-10-11-25-27/h2*2-5,8-12,15-16H,6-7,13-14H2,1H3/t15-,16-;/m1./s1. The number of nitrogens with zero attached hydrogens (tertiary/aromatic N) is 10. The van der Waals surface area contributed by atoms with Gasteiger partial charge in [0.05, 0.1) is 60.5 Å². The van der Waals surface area contributed by atoms with Crippen LogP contribution in [0.15, 0.2) is 110 Å². The second kappa shape index (κ2) is 19.1. The molecule has 2 saturated heterocycles. The zero-order valence-corrected chi connectivity index (χ0v) is 33.7. The molecule has 0 spiro atoms. The van der Waals surface area contributed by atoms with Crippen LogP contribution >= 0.6 is 23.2 Å². The minimum atomic E-state index is -0.0120. The second-order valence-corrected chi connectivity index (χ2v) is 15.2. The van der Waals surface area contributed by atoms with Crippen LogP contribution < -0.4 is 9.47 Å². The van der Waals surface area contributed by atoms with Gasteiger partial charge in [-0.25, -0.2) is 9.97 Å². The largest absolute Gasteiger partial charge is 0.493 e. The van der Waals surface area contributed by atoms with E-state index in [2.05, 4.69) is 44.2 Å². The average Bonchev–Trinajstić information content (AvgIpc) is 3.99. The van der Waals surface area contributed by atoms with Gasteiger partial charge in [0.1, 0.15) is 21.8 Å². The SMILES string of the molecule is CC1CCC(COc2ccnc(Cl)c2)CN1C(=O)c1ccccc1-n1nccn1.C[C@@H]1CC[C@@H](COc2ccnc(Cl)c2)CN1C(=O)c1ccccc1-n1nccn1. The van der Waals surface area contributed by atoms with Crippen molar-refractivity contribution in [3.05, 3.63) is 131 Å². The summed E-state index contributed by atoms with van der Waals surface area (Å²) in [6, 6.07) is 22.1. The predicted molar refractivity (Wildman–Crippen MR) is 219 cm³/mol. The third kappa shape index (κ3) is 9.98. The van der Waals surface area contributed by atoms with Crippen molar-refractivity contribution < 1.29 is 19.1 Å². The van der Waals surface area contributed by atoms with Crippen LogP contribution in [-0.4, -0.2) is 100.0 Å². The number of para-hydroxylation sites is 2. The lowest BCUT2D eigenvalue weighted by Crippen LogP contribution is -2.47. The molecule has 2 unspecified atom stereocenters. The van der Waals surface area contributed by atoms with Gasteiger partial charge in [0.25, 0.3) is 11.8 Å². The van der Waals surface area contributed by atoms with Crippen molar-refractivity contribution >= 4 is 35.0 Å². The number of carbonyl (C=O) groups is 2. The summed E-state index contributed by atoms with van der Waals surface area (Å²) in [5, 5.41) is 17.5. The van der Waals surface area contributed by atoms with Crippen molar-refractivity contribution in [3.63, 3.8) is 0 Å². The molecule has 0 radical (unpaired) electrons. The number of rotatable bonds is 10. The molecular weight excluding hydrogens is 779 g/mol. The predicted octanol–water partition coefficient (Wildman–Crippen LogP) is 7.27. The first-order valence-electron chi connectivity index (χ1n) is 19.3. The molecule has 2 amide bonds. The van der Waals surface area contributed by atoms with Crippen LogP contribution in [0, 0.1) is 11.8 Å². The summed E-state index contributed by atoms with van der Waals surface area (Å²) in [7, 11) is 0. The first kappa shape index (κ1) is 40.3. The monoisotopic (exact) mass is 822 g/mol. The van der Waals surface area contributed by atoms with Gasteiger partial charge in [-0.1, -0.05) is 47.5 Å². The molecule has 0 aliphatic carbocycles. The van der Waals surface area contributed by atoms with Crippen molar-refractivity contribution in [3.8, 4) is 22.9 Å². The molecule has 0 saturated carbocycles. The van der Waals surface area contributed by atoms with E-state index in [1.807, 2.05) is 58.3 Å². The van der Waals surface area contributed by atoms with E-state index >= 15 is 0 Å².